The van der Waals surface area contributed by atoms with Gasteiger partial charge in [0, 0.05) is 25.8 Å². The fraction of sp³-hybridized carbons (Fsp3) is 0.462. The molecule has 0 bridgehead atoms. The number of hydrogen-bond acceptors (Lipinski definition) is 4. The lowest BCUT2D eigenvalue weighted by atomic mass is 10.2. The maximum Gasteiger partial charge on any atom is 0.251 e. The Morgan fingerprint density at radius 2 is 2.05 bits per heavy atom. The minimum Gasteiger partial charge on any atom is -0.377 e. The lowest BCUT2D eigenvalue weighted by Gasteiger charge is -2.11. The molecule has 2 N–H and O–H groups in total. The summed E-state index contributed by atoms with van der Waals surface area (Å²) in [6.45, 7) is 0.965. The van der Waals surface area contributed by atoms with Crippen molar-refractivity contribution >= 4 is 15.9 Å². The van der Waals surface area contributed by atoms with Gasteiger partial charge < -0.3 is 10.1 Å². The van der Waals surface area contributed by atoms with E-state index in [1.165, 1.54) is 31.3 Å². The molecule has 2 rings (SSSR count). The third kappa shape index (κ3) is 3.56. The summed E-state index contributed by atoms with van der Waals surface area (Å²) in [5.74, 6) is -0.249. The summed E-state index contributed by atoms with van der Waals surface area (Å²) in [6, 6.07) is 5.81. The minimum atomic E-state index is -3.56. The van der Waals surface area contributed by atoms with Crippen LogP contribution in [0.25, 0.3) is 0 Å². The predicted octanol–water partition coefficient (Wildman–Crippen LogP) is 0.504. The summed E-state index contributed by atoms with van der Waals surface area (Å²) < 4.78 is 32.0. The summed E-state index contributed by atoms with van der Waals surface area (Å²) in [4.78, 5) is 11.5. The Hall–Kier alpha value is -1.44. The zero-order valence-electron chi connectivity index (χ0n) is 11.3. The molecule has 0 spiro atoms. The van der Waals surface area contributed by atoms with Crippen LogP contribution >= 0.6 is 0 Å². The predicted molar refractivity (Wildman–Crippen MR) is 74.0 cm³/mol. The molecular weight excluding hydrogens is 280 g/mol. The Morgan fingerprint density at radius 3 is 2.60 bits per heavy atom. The van der Waals surface area contributed by atoms with Crippen LogP contribution in [0.5, 0.6) is 0 Å². The molecule has 1 heterocycles. The highest BCUT2D eigenvalue weighted by Crippen LogP contribution is 2.14. The number of nitrogens with one attached hydrogen (secondary N) is 2. The standard InChI is InChI=1S/C13H18N2O4S/c1-14-13(16)10-4-6-12(7-5-10)20(17,18)15-9-11-3-2-8-19-11/h4-7,11,15H,2-3,8-9H2,1H3,(H,14,16)/t11-/m1/s1. The summed E-state index contributed by atoms with van der Waals surface area (Å²) in [5.41, 5.74) is 0.422. The van der Waals surface area contributed by atoms with Gasteiger partial charge in [-0.3, -0.25) is 4.79 Å². The molecule has 0 saturated carbocycles. The molecule has 1 saturated heterocycles. The Balaban J connectivity index is 2.03. The number of amides is 1. The maximum absolute atomic E-state index is 12.1. The first-order chi connectivity index (χ1) is 9.53. The highest BCUT2D eigenvalue weighted by Gasteiger charge is 2.20. The molecule has 0 unspecified atom stereocenters. The first-order valence-electron chi connectivity index (χ1n) is 6.46. The van der Waals surface area contributed by atoms with Gasteiger partial charge in [-0.05, 0) is 37.1 Å². The van der Waals surface area contributed by atoms with E-state index in [1.807, 2.05) is 0 Å². The minimum absolute atomic E-state index is 0.0464. The molecule has 0 aliphatic carbocycles. The second-order valence-corrected chi connectivity index (χ2v) is 6.36. The van der Waals surface area contributed by atoms with Crippen molar-refractivity contribution in [3.8, 4) is 0 Å². The van der Waals surface area contributed by atoms with Crippen molar-refractivity contribution < 1.29 is 17.9 Å². The van der Waals surface area contributed by atoms with Crippen molar-refractivity contribution in [2.24, 2.45) is 0 Å². The van der Waals surface area contributed by atoms with E-state index >= 15 is 0 Å². The van der Waals surface area contributed by atoms with Gasteiger partial charge in [0.25, 0.3) is 5.91 Å². The van der Waals surface area contributed by atoms with Gasteiger partial charge in [0.1, 0.15) is 0 Å². The van der Waals surface area contributed by atoms with Gasteiger partial charge in [0.15, 0.2) is 0 Å². The van der Waals surface area contributed by atoms with E-state index in [2.05, 4.69) is 10.0 Å². The normalized spacial score (nSPS) is 18.9. The SMILES string of the molecule is CNC(=O)c1ccc(S(=O)(=O)NC[C@H]2CCCO2)cc1. The van der Waals surface area contributed by atoms with Gasteiger partial charge in [0.05, 0.1) is 11.0 Å². The Bertz CT molecular complexity index is 563. The number of sulfonamides is 1. The van der Waals surface area contributed by atoms with Crippen molar-refractivity contribution in [2.75, 3.05) is 20.2 Å². The van der Waals surface area contributed by atoms with E-state index in [0.717, 1.165) is 12.8 Å². The lowest BCUT2D eigenvalue weighted by Crippen LogP contribution is -2.31. The van der Waals surface area contributed by atoms with E-state index in [1.54, 1.807) is 0 Å². The first kappa shape index (κ1) is 15.0. The average molecular weight is 298 g/mol. The van der Waals surface area contributed by atoms with Crippen LogP contribution in [-0.4, -0.2) is 40.6 Å². The highest BCUT2D eigenvalue weighted by atomic mass is 32.2. The van der Waals surface area contributed by atoms with Crippen molar-refractivity contribution in [3.05, 3.63) is 29.8 Å². The smallest absolute Gasteiger partial charge is 0.251 e. The van der Waals surface area contributed by atoms with Gasteiger partial charge in [0.2, 0.25) is 10.0 Å². The van der Waals surface area contributed by atoms with Crippen molar-refractivity contribution in [1.82, 2.24) is 10.0 Å². The van der Waals surface area contributed by atoms with Gasteiger partial charge in [-0.15, -0.1) is 0 Å². The van der Waals surface area contributed by atoms with Gasteiger partial charge >= 0.3 is 0 Å². The quantitative estimate of drug-likeness (QED) is 0.829. The molecule has 1 fully saturated rings. The summed E-state index contributed by atoms with van der Waals surface area (Å²) in [7, 11) is -2.03. The molecule has 1 aromatic rings. The molecule has 7 heteroatoms. The van der Waals surface area contributed by atoms with Crippen LogP contribution < -0.4 is 10.0 Å². The topological polar surface area (TPSA) is 84.5 Å². The third-order valence-corrected chi connectivity index (χ3v) is 4.62. The van der Waals surface area contributed by atoms with E-state index in [4.69, 9.17) is 4.74 Å². The number of hydrogen-bond donors (Lipinski definition) is 2. The average Bonchev–Trinajstić information content (AvgIpc) is 2.98. The number of carbonyl (C=O) groups excluding carboxylic acids is 1. The van der Waals surface area contributed by atoms with Crippen molar-refractivity contribution in [3.63, 3.8) is 0 Å². The third-order valence-electron chi connectivity index (χ3n) is 3.18. The zero-order valence-corrected chi connectivity index (χ0v) is 12.1. The number of ether oxygens (including phenoxy) is 1. The van der Waals surface area contributed by atoms with Gasteiger partial charge in [-0.25, -0.2) is 13.1 Å². The number of carbonyl (C=O) groups is 1. The highest BCUT2D eigenvalue weighted by molar-refractivity contribution is 7.89. The van der Waals surface area contributed by atoms with Crippen molar-refractivity contribution in [1.29, 1.82) is 0 Å². The molecule has 1 atom stereocenters. The van der Waals surface area contributed by atoms with E-state index in [0.29, 0.717) is 12.2 Å². The molecule has 0 aromatic heterocycles. The fourth-order valence-electron chi connectivity index (χ4n) is 2.02. The molecule has 1 amide bonds. The van der Waals surface area contributed by atoms with Crippen LogP contribution in [0.2, 0.25) is 0 Å². The molecule has 110 valence electrons. The number of rotatable bonds is 5. The number of benzene rings is 1. The lowest BCUT2D eigenvalue weighted by molar-refractivity contribution is 0.0963. The molecule has 1 aliphatic heterocycles. The summed E-state index contributed by atoms with van der Waals surface area (Å²) in [5, 5.41) is 2.48. The van der Waals surface area contributed by atoms with Crippen LogP contribution in [-0.2, 0) is 14.8 Å². The second-order valence-electron chi connectivity index (χ2n) is 4.59. The van der Waals surface area contributed by atoms with Crippen molar-refractivity contribution in [2.45, 2.75) is 23.8 Å². The van der Waals surface area contributed by atoms with E-state index < -0.39 is 10.0 Å². The first-order valence-corrected chi connectivity index (χ1v) is 7.94. The summed E-state index contributed by atoms with van der Waals surface area (Å²) >= 11 is 0. The van der Waals surface area contributed by atoms with E-state index in [9.17, 15) is 13.2 Å². The van der Waals surface area contributed by atoms with Crippen LogP contribution in [0.15, 0.2) is 29.2 Å². The molecule has 20 heavy (non-hydrogen) atoms. The monoisotopic (exact) mass is 298 g/mol. The fourth-order valence-corrected chi connectivity index (χ4v) is 3.09. The molecule has 0 radical (unpaired) electrons. The molecule has 6 nitrogen and oxygen atoms in total. The molecule has 1 aromatic carbocycles. The van der Waals surface area contributed by atoms with Gasteiger partial charge in [-0.1, -0.05) is 0 Å². The summed E-state index contributed by atoms with van der Waals surface area (Å²) in [6.07, 6.45) is 1.79. The Labute approximate surface area is 118 Å². The maximum atomic E-state index is 12.1. The molecule has 1 aliphatic rings. The second kappa shape index (κ2) is 6.34. The zero-order chi connectivity index (χ0) is 14.6. The van der Waals surface area contributed by atoms with Gasteiger partial charge in [-0.2, -0.15) is 0 Å². The van der Waals surface area contributed by atoms with Crippen LogP contribution in [0.1, 0.15) is 23.2 Å². The van der Waals surface area contributed by atoms with E-state index in [-0.39, 0.29) is 23.5 Å². The van der Waals surface area contributed by atoms with Crippen LogP contribution in [0.3, 0.4) is 0 Å². The largest absolute Gasteiger partial charge is 0.377 e. The molecular formula is C13H18N2O4S. The Morgan fingerprint density at radius 1 is 1.35 bits per heavy atom. The van der Waals surface area contributed by atoms with Crippen LogP contribution in [0, 0.1) is 0 Å². The van der Waals surface area contributed by atoms with Crippen LogP contribution in [0.4, 0.5) is 0 Å². The Kier molecular flexibility index (Phi) is 4.74.